The maximum Gasteiger partial charge on any atom is 0.145 e. The van der Waals surface area contributed by atoms with Crippen LogP contribution in [-0.4, -0.2) is 48.5 Å². The second kappa shape index (κ2) is 8.07. The van der Waals surface area contributed by atoms with Crippen LogP contribution in [0.15, 0.2) is 55.0 Å². The van der Waals surface area contributed by atoms with Gasteiger partial charge in [0.25, 0.3) is 0 Å². The number of fused-ring (bicyclic) bond motifs is 3. The number of anilines is 1. The van der Waals surface area contributed by atoms with E-state index in [1.807, 2.05) is 22.9 Å². The van der Waals surface area contributed by atoms with Gasteiger partial charge in [-0.25, -0.2) is 15.0 Å². The van der Waals surface area contributed by atoms with Gasteiger partial charge in [0.05, 0.1) is 28.7 Å². The molecule has 0 unspecified atom stereocenters. The minimum atomic E-state index is -0.866. The van der Waals surface area contributed by atoms with Crippen LogP contribution in [0.2, 0.25) is 0 Å². The molecule has 0 spiro atoms. The molecule has 6 rings (SSSR count). The summed E-state index contributed by atoms with van der Waals surface area (Å²) in [5.41, 5.74) is 10.7. The average molecular weight is 458 g/mol. The fourth-order valence-electron chi connectivity index (χ4n) is 5.38. The molecule has 2 aliphatic rings. The lowest BCUT2D eigenvalue weighted by molar-refractivity contribution is 0.00545. The zero-order valence-electron chi connectivity index (χ0n) is 18.8. The minimum absolute atomic E-state index is 0.0273. The number of ether oxygens (including phenoxy) is 1. The molecule has 8 nitrogen and oxygen atoms in total. The first-order valence-electron chi connectivity index (χ1n) is 11.6. The predicted molar refractivity (Wildman–Crippen MR) is 130 cm³/mol. The summed E-state index contributed by atoms with van der Waals surface area (Å²) in [6.45, 7) is 4.57. The number of benzene rings is 1. The van der Waals surface area contributed by atoms with E-state index < -0.39 is 12.2 Å². The maximum atomic E-state index is 10.8. The highest BCUT2D eigenvalue weighted by Crippen LogP contribution is 2.40. The molecule has 1 aliphatic heterocycles. The largest absolute Gasteiger partial charge is 0.487 e. The van der Waals surface area contributed by atoms with E-state index in [9.17, 15) is 10.2 Å². The van der Waals surface area contributed by atoms with Gasteiger partial charge in [0.2, 0.25) is 0 Å². The first-order valence-corrected chi connectivity index (χ1v) is 11.6. The van der Waals surface area contributed by atoms with E-state index in [1.54, 1.807) is 0 Å². The van der Waals surface area contributed by atoms with Gasteiger partial charge in [-0.1, -0.05) is 18.7 Å². The SMILES string of the molecule is C=C1COc2cc3ccc(CC[C@H]4C[C@@H](n5ccc6c(N)ncnc65)[C@H](O)[C@@H]4O)cc3nc2C1. The zero-order chi connectivity index (χ0) is 23.4. The summed E-state index contributed by atoms with van der Waals surface area (Å²) in [5.74, 6) is 1.22. The number of aryl methyl sites for hydroxylation is 1. The van der Waals surface area contributed by atoms with E-state index in [0.29, 0.717) is 24.5 Å². The Bertz CT molecular complexity index is 1410. The Kier molecular flexibility index (Phi) is 5.00. The van der Waals surface area contributed by atoms with E-state index in [4.69, 9.17) is 15.5 Å². The number of rotatable bonds is 4. The fraction of sp³-hybridized carbons (Fsp3) is 0.346. The third-order valence-electron chi connectivity index (χ3n) is 7.24. The standard InChI is InChI=1S/C26H27N5O3/c1-14-8-20-22(34-12-14)11-16-4-2-15(9-19(16)30-20)3-5-17-10-21(24(33)23(17)32)31-7-6-18-25(27)28-13-29-26(18)31/h2,4,6-7,9,11,13,17,21,23-24,32-33H,1,3,5,8,10,12H2,(H2,27,28,29)/t17-,21+,23+,24-/m0/s1. The van der Waals surface area contributed by atoms with Crippen molar-refractivity contribution in [2.24, 2.45) is 5.92 Å². The number of hydrogen-bond acceptors (Lipinski definition) is 7. The van der Waals surface area contributed by atoms with Crippen molar-refractivity contribution < 1.29 is 14.9 Å². The smallest absolute Gasteiger partial charge is 0.145 e. The number of aliphatic hydroxyl groups excluding tert-OH is 2. The summed E-state index contributed by atoms with van der Waals surface area (Å²) in [4.78, 5) is 13.2. The molecule has 4 N–H and O–H groups in total. The lowest BCUT2D eigenvalue weighted by Gasteiger charge is -2.19. The van der Waals surface area contributed by atoms with Gasteiger partial charge in [-0.3, -0.25) is 0 Å². The van der Waals surface area contributed by atoms with E-state index in [1.165, 1.54) is 6.33 Å². The van der Waals surface area contributed by atoms with Crippen molar-refractivity contribution in [1.82, 2.24) is 19.5 Å². The second-order valence-electron chi connectivity index (χ2n) is 9.48. The Morgan fingerprint density at radius 2 is 2.03 bits per heavy atom. The van der Waals surface area contributed by atoms with Crippen LogP contribution in [-0.2, 0) is 12.8 Å². The fourth-order valence-corrected chi connectivity index (χ4v) is 5.38. The van der Waals surface area contributed by atoms with Gasteiger partial charge in [0.15, 0.2) is 0 Å². The van der Waals surface area contributed by atoms with Gasteiger partial charge in [-0.15, -0.1) is 0 Å². The number of nitrogens with zero attached hydrogens (tertiary/aromatic N) is 4. The number of pyridine rings is 1. The van der Waals surface area contributed by atoms with Crippen molar-refractivity contribution in [1.29, 1.82) is 0 Å². The van der Waals surface area contributed by atoms with Gasteiger partial charge in [0, 0.05) is 18.0 Å². The highest BCUT2D eigenvalue weighted by atomic mass is 16.5. The molecule has 34 heavy (non-hydrogen) atoms. The molecule has 0 saturated heterocycles. The van der Waals surface area contributed by atoms with Crippen LogP contribution >= 0.6 is 0 Å². The second-order valence-corrected chi connectivity index (χ2v) is 9.48. The molecular formula is C26H27N5O3. The normalized spacial score (nSPS) is 24.5. The van der Waals surface area contributed by atoms with Crippen molar-refractivity contribution in [3.05, 3.63) is 66.3 Å². The topological polar surface area (TPSA) is 119 Å². The van der Waals surface area contributed by atoms with Crippen molar-refractivity contribution in [3.8, 4) is 5.75 Å². The summed E-state index contributed by atoms with van der Waals surface area (Å²) in [5, 5.41) is 23.4. The van der Waals surface area contributed by atoms with Crippen LogP contribution in [0.4, 0.5) is 5.82 Å². The molecule has 1 aliphatic carbocycles. The lowest BCUT2D eigenvalue weighted by Crippen LogP contribution is -2.29. The Morgan fingerprint density at radius 3 is 2.91 bits per heavy atom. The number of aromatic nitrogens is 4. The predicted octanol–water partition coefficient (Wildman–Crippen LogP) is 2.97. The molecular weight excluding hydrogens is 430 g/mol. The van der Waals surface area contributed by atoms with E-state index in [0.717, 1.165) is 58.1 Å². The van der Waals surface area contributed by atoms with Crippen LogP contribution in [0.5, 0.6) is 5.75 Å². The summed E-state index contributed by atoms with van der Waals surface area (Å²) in [7, 11) is 0. The van der Waals surface area contributed by atoms with Crippen LogP contribution < -0.4 is 10.5 Å². The number of nitrogens with two attached hydrogens (primary N) is 1. The molecule has 4 atom stereocenters. The van der Waals surface area contributed by atoms with Gasteiger partial charge >= 0.3 is 0 Å². The number of hydrogen-bond donors (Lipinski definition) is 3. The van der Waals surface area contributed by atoms with E-state index >= 15 is 0 Å². The highest BCUT2D eigenvalue weighted by molar-refractivity contribution is 5.86. The monoisotopic (exact) mass is 457 g/mol. The summed E-state index contributed by atoms with van der Waals surface area (Å²) in [6, 6.07) is 9.94. The third kappa shape index (κ3) is 3.50. The summed E-state index contributed by atoms with van der Waals surface area (Å²) in [6.07, 6.45) is 4.60. The van der Waals surface area contributed by atoms with E-state index in [-0.39, 0.29) is 12.0 Å². The van der Waals surface area contributed by atoms with Crippen LogP contribution in [0.25, 0.3) is 21.9 Å². The van der Waals surface area contributed by atoms with Crippen LogP contribution in [0.1, 0.15) is 30.1 Å². The average Bonchev–Trinajstić information content (AvgIpc) is 3.38. The Labute approximate surface area is 196 Å². The molecule has 3 aromatic heterocycles. The van der Waals surface area contributed by atoms with Crippen molar-refractivity contribution >= 4 is 27.8 Å². The van der Waals surface area contributed by atoms with Crippen LogP contribution in [0, 0.1) is 5.92 Å². The lowest BCUT2D eigenvalue weighted by atomic mass is 9.95. The highest BCUT2D eigenvalue weighted by Gasteiger charge is 2.42. The molecule has 1 fully saturated rings. The van der Waals surface area contributed by atoms with Gasteiger partial charge in [-0.05, 0) is 54.5 Å². The molecule has 0 radical (unpaired) electrons. The Balaban J connectivity index is 1.20. The Morgan fingerprint density at radius 1 is 1.15 bits per heavy atom. The minimum Gasteiger partial charge on any atom is -0.487 e. The molecule has 4 aromatic rings. The third-order valence-corrected chi connectivity index (χ3v) is 7.24. The molecule has 174 valence electrons. The first-order chi connectivity index (χ1) is 16.5. The Hall–Kier alpha value is -3.49. The number of nitrogen functional groups attached to an aromatic ring is 1. The quantitative estimate of drug-likeness (QED) is 0.403. The van der Waals surface area contributed by atoms with Gasteiger partial charge < -0.3 is 25.3 Å². The molecule has 0 bridgehead atoms. The first kappa shape index (κ1) is 21.1. The molecule has 8 heteroatoms. The van der Waals surface area contributed by atoms with Crippen LogP contribution in [0.3, 0.4) is 0 Å². The summed E-state index contributed by atoms with van der Waals surface area (Å²) < 4.78 is 7.67. The van der Waals surface area contributed by atoms with Gasteiger partial charge in [0.1, 0.15) is 36.3 Å². The zero-order valence-corrected chi connectivity index (χ0v) is 18.8. The molecule has 1 saturated carbocycles. The van der Waals surface area contributed by atoms with Crippen molar-refractivity contribution in [3.63, 3.8) is 0 Å². The summed E-state index contributed by atoms with van der Waals surface area (Å²) >= 11 is 0. The maximum absolute atomic E-state index is 10.8. The van der Waals surface area contributed by atoms with Gasteiger partial charge in [-0.2, -0.15) is 0 Å². The van der Waals surface area contributed by atoms with E-state index in [2.05, 4.69) is 34.7 Å². The molecule has 1 aromatic carbocycles. The molecule has 0 amide bonds. The van der Waals surface area contributed by atoms with Crippen molar-refractivity contribution in [2.75, 3.05) is 12.3 Å². The van der Waals surface area contributed by atoms with Crippen molar-refractivity contribution in [2.45, 2.75) is 43.9 Å². The number of aliphatic hydroxyl groups is 2. The molecule has 4 heterocycles.